The van der Waals surface area contributed by atoms with Crippen LogP contribution in [0.3, 0.4) is 0 Å². The van der Waals surface area contributed by atoms with E-state index in [0.29, 0.717) is 48.5 Å². The summed E-state index contributed by atoms with van der Waals surface area (Å²) in [6.07, 6.45) is 1.44. The summed E-state index contributed by atoms with van der Waals surface area (Å²) < 4.78 is 2.96. The first kappa shape index (κ1) is 22.5. The van der Waals surface area contributed by atoms with Gasteiger partial charge in [0, 0.05) is 18.7 Å². The number of aromatic nitrogens is 4. The number of benzene rings is 2. The van der Waals surface area contributed by atoms with Gasteiger partial charge in [-0.15, -0.1) is 0 Å². The molecule has 0 aliphatic heterocycles. The molecule has 2 heterocycles. The van der Waals surface area contributed by atoms with Crippen molar-refractivity contribution in [1.29, 1.82) is 0 Å². The van der Waals surface area contributed by atoms with Crippen LogP contribution >= 0.6 is 0 Å². The van der Waals surface area contributed by atoms with Crippen molar-refractivity contribution in [1.82, 2.24) is 24.0 Å². The highest BCUT2D eigenvalue weighted by Crippen LogP contribution is 2.15. The molecule has 2 aromatic carbocycles. The second kappa shape index (κ2) is 9.46. The number of nitrogens with two attached hydrogens (primary N) is 1. The lowest BCUT2D eigenvalue weighted by atomic mass is 10.1. The minimum atomic E-state index is -0.349. The zero-order valence-corrected chi connectivity index (χ0v) is 19.3. The average Bonchev–Trinajstić information content (AvgIpc) is 3.22. The lowest BCUT2D eigenvalue weighted by Gasteiger charge is -2.25. The van der Waals surface area contributed by atoms with E-state index in [1.54, 1.807) is 4.57 Å². The highest BCUT2D eigenvalue weighted by Gasteiger charge is 2.23. The molecule has 4 aromatic rings. The molecular weight excluding hydrogens is 416 g/mol. The van der Waals surface area contributed by atoms with Crippen molar-refractivity contribution >= 4 is 16.9 Å². The number of rotatable bonds is 8. The normalized spacial score (nSPS) is 12.5. The molecule has 0 amide bonds. The van der Waals surface area contributed by atoms with Crippen LogP contribution in [0.25, 0.3) is 11.2 Å². The summed E-state index contributed by atoms with van der Waals surface area (Å²) in [6.45, 7) is 2.37. The minimum Gasteiger partial charge on any atom is -0.399 e. The predicted molar refractivity (Wildman–Crippen MR) is 131 cm³/mol. The van der Waals surface area contributed by atoms with E-state index in [4.69, 9.17) is 5.73 Å². The van der Waals surface area contributed by atoms with E-state index < -0.39 is 0 Å². The molecule has 0 fully saturated rings. The van der Waals surface area contributed by atoms with Gasteiger partial charge in [-0.3, -0.25) is 14.3 Å². The van der Waals surface area contributed by atoms with E-state index in [2.05, 4.69) is 9.97 Å². The number of H-pyrrole nitrogens is 1. The van der Waals surface area contributed by atoms with Crippen LogP contribution in [0.1, 0.15) is 36.5 Å². The molecular formula is C25H30N6O2. The van der Waals surface area contributed by atoms with E-state index >= 15 is 0 Å². The van der Waals surface area contributed by atoms with Gasteiger partial charge in [0.05, 0.1) is 6.17 Å². The number of hydrogen-bond acceptors (Lipinski definition) is 5. The van der Waals surface area contributed by atoms with E-state index in [0.717, 1.165) is 11.1 Å². The summed E-state index contributed by atoms with van der Waals surface area (Å²) in [6, 6.07) is 17.5. The Balaban J connectivity index is 1.83. The van der Waals surface area contributed by atoms with Gasteiger partial charge in [0.15, 0.2) is 5.65 Å². The molecule has 33 heavy (non-hydrogen) atoms. The Bertz CT molecular complexity index is 1350. The maximum absolute atomic E-state index is 13.6. The van der Waals surface area contributed by atoms with Crippen LogP contribution in [0.4, 0.5) is 5.69 Å². The summed E-state index contributed by atoms with van der Waals surface area (Å²) in [5, 5.41) is 0. The predicted octanol–water partition coefficient (Wildman–Crippen LogP) is 2.77. The van der Waals surface area contributed by atoms with Crippen LogP contribution in [0.15, 0.2) is 64.2 Å². The average molecular weight is 447 g/mol. The highest BCUT2D eigenvalue weighted by molar-refractivity contribution is 5.70. The topological polar surface area (TPSA) is 102 Å². The molecule has 2 aromatic heterocycles. The summed E-state index contributed by atoms with van der Waals surface area (Å²) >= 11 is 0. The first-order valence-electron chi connectivity index (χ1n) is 11.2. The monoisotopic (exact) mass is 446 g/mol. The third kappa shape index (κ3) is 4.61. The Morgan fingerprint density at radius 2 is 1.73 bits per heavy atom. The van der Waals surface area contributed by atoms with Gasteiger partial charge in [-0.2, -0.15) is 0 Å². The zero-order valence-electron chi connectivity index (χ0n) is 19.3. The third-order valence-corrected chi connectivity index (χ3v) is 5.94. The Hall–Kier alpha value is -3.65. The lowest BCUT2D eigenvalue weighted by molar-refractivity contribution is 0.197. The molecule has 172 valence electrons. The summed E-state index contributed by atoms with van der Waals surface area (Å²) in [5.74, 6) is 0.657. The number of nitrogens with one attached hydrogen (secondary N) is 1. The number of hydrogen-bond donors (Lipinski definition) is 2. The maximum Gasteiger partial charge on any atom is 0.334 e. The number of imidazole rings is 1. The van der Waals surface area contributed by atoms with Crippen LogP contribution < -0.4 is 17.0 Å². The highest BCUT2D eigenvalue weighted by atomic mass is 16.2. The van der Waals surface area contributed by atoms with E-state index in [9.17, 15) is 9.59 Å². The Morgan fingerprint density at radius 1 is 1.03 bits per heavy atom. The molecule has 8 heteroatoms. The summed E-state index contributed by atoms with van der Waals surface area (Å²) in [5.41, 5.74) is 8.70. The van der Waals surface area contributed by atoms with Crippen LogP contribution in [0.2, 0.25) is 0 Å². The second-order valence-electron chi connectivity index (χ2n) is 8.50. The van der Waals surface area contributed by atoms with Crippen molar-refractivity contribution in [3.8, 4) is 0 Å². The van der Waals surface area contributed by atoms with Crippen molar-refractivity contribution in [2.45, 2.75) is 38.9 Å². The number of nitrogens with zero attached hydrogens (tertiary/aromatic N) is 4. The van der Waals surface area contributed by atoms with Crippen molar-refractivity contribution in [3.05, 3.63) is 92.4 Å². The maximum atomic E-state index is 13.6. The van der Waals surface area contributed by atoms with Crippen molar-refractivity contribution in [3.63, 3.8) is 0 Å². The molecule has 0 aliphatic carbocycles. The van der Waals surface area contributed by atoms with Gasteiger partial charge in [-0.05, 0) is 50.2 Å². The quantitative estimate of drug-likeness (QED) is 0.405. The third-order valence-electron chi connectivity index (χ3n) is 5.94. The van der Waals surface area contributed by atoms with Gasteiger partial charge in [0.1, 0.15) is 11.3 Å². The van der Waals surface area contributed by atoms with Gasteiger partial charge in [-0.25, -0.2) is 14.3 Å². The molecule has 0 saturated heterocycles. The molecule has 3 N–H and O–H groups in total. The van der Waals surface area contributed by atoms with Gasteiger partial charge in [0.25, 0.3) is 5.56 Å². The van der Waals surface area contributed by atoms with Crippen LogP contribution in [-0.4, -0.2) is 38.1 Å². The molecule has 0 bridgehead atoms. The first-order valence-corrected chi connectivity index (χ1v) is 11.2. The lowest BCUT2D eigenvalue weighted by Crippen LogP contribution is -2.46. The standard InChI is InChI=1S/C25H30N6O2/c1-4-21(29(2)3)31-24(32)22-23(28-20(27-22)16-18-8-6-5-7-9-18)30(25(31)33)15-14-17-10-12-19(26)13-11-17/h5-13,21H,4,14-16,26H2,1-3H3,(H,27,28). The fraction of sp³-hybridized carbons (Fsp3) is 0.320. The SMILES string of the molecule is CCC(N(C)C)n1c(=O)c2[nH]c(Cc3ccccc3)nc2n(CCc2ccc(N)cc2)c1=O. The molecule has 4 rings (SSSR count). The molecule has 0 radical (unpaired) electrons. The zero-order chi connectivity index (χ0) is 23.5. The first-order chi connectivity index (χ1) is 15.9. The van der Waals surface area contributed by atoms with E-state index in [1.807, 2.05) is 80.5 Å². The van der Waals surface area contributed by atoms with E-state index in [1.165, 1.54) is 4.57 Å². The van der Waals surface area contributed by atoms with Gasteiger partial charge < -0.3 is 10.7 Å². The van der Waals surface area contributed by atoms with Crippen LogP contribution in [0.5, 0.6) is 0 Å². The molecule has 8 nitrogen and oxygen atoms in total. The fourth-order valence-corrected chi connectivity index (χ4v) is 4.23. The smallest absolute Gasteiger partial charge is 0.334 e. The van der Waals surface area contributed by atoms with Gasteiger partial charge in [-0.1, -0.05) is 49.4 Å². The Labute approximate surface area is 192 Å². The van der Waals surface area contributed by atoms with E-state index in [-0.39, 0.29) is 17.4 Å². The van der Waals surface area contributed by atoms with Crippen molar-refractivity contribution < 1.29 is 0 Å². The molecule has 0 spiro atoms. The Morgan fingerprint density at radius 3 is 2.36 bits per heavy atom. The fourth-order valence-electron chi connectivity index (χ4n) is 4.23. The molecule has 1 unspecified atom stereocenters. The molecule has 0 saturated carbocycles. The number of aryl methyl sites for hydroxylation is 2. The Kier molecular flexibility index (Phi) is 6.46. The van der Waals surface area contributed by atoms with Crippen LogP contribution in [0, 0.1) is 0 Å². The van der Waals surface area contributed by atoms with Gasteiger partial charge >= 0.3 is 5.69 Å². The number of nitrogen functional groups attached to an aromatic ring is 1. The van der Waals surface area contributed by atoms with Gasteiger partial charge in [0.2, 0.25) is 0 Å². The molecule has 0 aliphatic rings. The molecule has 1 atom stereocenters. The number of fused-ring (bicyclic) bond motifs is 1. The minimum absolute atomic E-state index is 0.342. The van der Waals surface area contributed by atoms with Crippen molar-refractivity contribution in [2.75, 3.05) is 19.8 Å². The second-order valence-corrected chi connectivity index (χ2v) is 8.50. The number of anilines is 1. The summed E-state index contributed by atoms with van der Waals surface area (Å²) in [4.78, 5) is 36.8. The van der Waals surface area contributed by atoms with Crippen LogP contribution in [-0.2, 0) is 19.4 Å². The van der Waals surface area contributed by atoms with Crippen molar-refractivity contribution in [2.24, 2.45) is 0 Å². The number of aromatic amines is 1. The largest absolute Gasteiger partial charge is 0.399 e. The summed E-state index contributed by atoms with van der Waals surface area (Å²) in [7, 11) is 3.74.